The number of hydrogen-bond donors (Lipinski definition) is 0. The van der Waals surface area contributed by atoms with Gasteiger partial charge < -0.3 is 0 Å². The van der Waals surface area contributed by atoms with Crippen molar-refractivity contribution < 1.29 is 13.2 Å². The van der Waals surface area contributed by atoms with Gasteiger partial charge in [-0.1, -0.05) is 152 Å². The number of halogens is 3. The van der Waals surface area contributed by atoms with Gasteiger partial charge in [0.1, 0.15) is 0 Å². The van der Waals surface area contributed by atoms with E-state index in [-0.39, 0.29) is 23.5 Å². The monoisotopic (exact) mass is 803 g/mol. The highest BCUT2D eigenvalue weighted by molar-refractivity contribution is 6.14. The molecule has 0 spiro atoms. The highest BCUT2D eigenvalue weighted by Gasteiger charge is 2.40. The lowest BCUT2D eigenvalue weighted by Crippen LogP contribution is -2.24. The van der Waals surface area contributed by atoms with Crippen LogP contribution in [0.3, 0.4) is 0 Å². The van der Waals surface area contributed by atoms with Crippen LogP contribution in [-0.4, -0.2) is 6.18 Å². The van der Waals surface area contributed by atoms with Crippen molar-refractivity contribution in [2.75, 3.05) is 0 Å². The van der Waals surface area contributed by atoms with E-state index in [0.29, 0.717) is 5.22 Å². The van der Waals surface area contributed by atoms with Gasteiger partial charge in [0.15, 0.2) is 0 Å². The summed E-state index contributed by atoms with van der Waals surface area (Å²) in [6.45, 7) is 3.99. The molecule has 0 fully saturated rings. The summed E-state index contributed by atoms with van der Waals surface area (Å²) in [5.41, 5.74) is 16.3. The Balaban J connectivity index is 1.24. The molecule has 7 aromatic rings. The average Bonchev–Trinajstić information content (AvgIpc) is 3.80. The molecule has 0 heterocycles. The lowest BCUT2D eigenvalue weighted by atomic mass is 9.74. The second kappa shape index (κ2) is 13.3. The first-order valence-corrected chi connectivity index (χ1v) is 21.1. The van der Waals surface area contributed by atoms with Gasteiger partial charge in [0.2, 0.25) is 0 Å². The van der Waals surface area contributed by atoms with Crippen LogP contribution >= 0.6 is 0 Å². The van der Waals surface area contributed by atoms with Crippen molar-refractivity contribution in [1.82, 2.24) is 0 Å². The van der Waals surface area contributed by atoms with E-state index < -0.39 is 11.7 Å². The average molecular weight is 804 g/mol. The summed E-state index contributed by atoms with van der Waals surface area (Å²) in [5, 5.41) is 18.0. The number of aryl methyl sites for hydroxylation is 2. The Morgan fingerprint density at radius 3 is 2.00 bits per heavy atom. The highest BCUT2D eigenvalue weighted by atomic mass is 19.4. The summed E-state index contributed by atoms with van der Waals surface area (Å²) in [7, 11) is 0. The molecule has 5 aliphatic carbocycles. The Morgan fingerprint density at radius 2 is 1.31 bits per heavy atom. The van der Waals surface area contributed by atoms with Crippen LogP contribution in [0.1, 0.15) is 34.2 Å². The topological polar surface area (TPSA) is 23.8 Å². The molecule has 1 unspecified atom stereocenters. The van der Waals surface area contributed by atoms with Crippen molar-refractivity contribution >= 4 is 39.1 Å². The SMILES string of the molecule is Cc1cc(=C2CC=C(C#N)C=C2C(F)(F)F)cc(C)c1=c1ccc2c3c(cccc13)=c1c(-c3ccccc3)c3c(c(-c4ccccc4)c1-2)=C1C=CC=C2c4ccccc4C(=C3)C21. The maximum atomic E-state index is 14.4. The molecule has 0 saturated carbocycles. The number of allylic oxidation sites excluding steroid dienone is 9. The van der Waals surface area contributed by atoms with Gasteiger partial charge in [0.05, 0.1) is 11.6 Å². The molecular formula is C58H36F3N. The van der Waals surface area contributed by atoms with Crippen molar-refractivity contribution in [3.63, 3.8) is 0 Å². The fourth-order valence-electron chi connectivity index (χ4n) is 11.3. The van der Waals surface area contributed by atoms with Crippen LogP contribution in [-0.2, 0) is 0 Å². The van der Waals surface area contributed by atoms with E-state index in [0.717, 1.165) is 38.6 Å². The van der Waals surface area contributed by atoms with Crippen molar-refractivity contribution in [3.05, 3.63) is 228 Å². The van der Waals surface area contributed by atoms with Crippen LogP contribution < -0.4 is 10.4 Å². The first-order valence-electron chi connectivity index (χ1n) is 21.1. The van der Waals surface area contributed by atoms with Crippen LogP contribution in [0.2, 0.25) is 0 Å². The largest absolute Gasteiger partial charge is 0.416 e. The molecule has 0 saturated heterocycles. The number of alkyl halides is 3. The molecule has 0 bridgehead atoms. The Hall–Kier alpha value is -7.48. The summed E-state index contributed by atoms with van der Waals surface area (Å²) < 4.78 is 43.3. The van der Waals surface area contributed by atoms with Gasteiger partial charge in [-0.05, 0) is 158 Å². The fraction of sp³-hybridized carbons (Fsp3) is 0.0862. The maximum Gasteiger partial charge on any atom is 0.416 e. The van der Waals surface area contributed by atoms with Crippen LogP contribution in [0.25, 0.3) is 72.5 Å². The van der Waals surface area contributed by atoms with E-state index in [1.54, 1.807) is 6.08 Å². The second-order valence-corrected chi connectivity index (χ2v) is 16.9. The minimum absolute atomic E-state index is 0.0342. The zero-order valence-electron chi connectivity index (χ0n) is 34.0. The lowest BCUT2D eigenvalue weighted by molar-refractivity contribution is -0.0874. The third kappa shape index (κ3) is 5.09. The number of rotatable bonds is 2. The summed E-state index contributed by atoms with van der Waals surface area (Å²) in [6, 6.07) is 47.3. The second-order valence-electron chi connectivity index (χ2n) is 16.9. The minimum Gasteiger partial charge on any atom is -0.192 e. The molecule has 7 aromatic carbocycles. The quantitative estimate of drug-likeness (QED) is 0.171. The number of benzene rings is 7. The first kappa shape index (κ1) is 36.4. The molecule has 0 N–H and O–H groups in total. The number of nitrogens with zero attached hydrogens (tertiary/aromatic N) is 1. The van der Waals surface area contributed by atoms with E-state index in [2.05, 4.69) is 140 Å². The Morgan fingerprint density at radius 1 is 0.629 bits per heavy atom. The summed E-state index contributed by atoms with van der Waals surface area (Å²) >= 11 is 0. The summed E-state index contributed by atoms with van der Waals surface area (Å²) in [5.74, 6) is 0.132. The molecule has 1 nitrogen and oxygen atoms in total. The first-order chi connectivity index (χ1) is 30.2. The van der Waals surface area contributed by atoms with Crippen LogP contribution in [0.4, 0.5) is 13.2 Å². The van der Waals surface area contributed by atoms with Crippen LogP contribution in [0, 0.1) is 52.0 Å². The molecule has 4 heteroatoms. The molecule has 62 heavy (non-hydrogen) atoms. The normalized spacial score (nSPS) is 16.5. The Bertz CT molecular complexity index is 3730. The molecule has 5 aliphatic rings. The van der Waals surface area contributed by atoms with E-state index in [1.165, 1.54) is 82.3 Å². The Kier molecular flexibility index (Phi) is 7.78. The predicted molar refractivity (Wildman–Crippen MR) is 245 cm³/mol. The zero-order valence-corrected chi connectivity index (χ0v) is 34.0. The third-order valence-electron chi connectivity index (χ3n) is 13.6. The fourth-order valence-corrected chi connectivity index (χ4v) is 11.3. The molecule has 0 aromatic heterocycles. The van der Waals surface area contributed by atoms with Crippen molar-refractivity contribution in [3.8, 4) is 39.4 Å². The maximum absolute atomic E-state index is 14.4. The van der Waals surface area contributed by atoms with Crippen LogP contribution in [0.5, 0.6) is 0 Å². The standard InChI is InChI=1S/C58H36F3N/c1-32-27-37(38-24-23-34(31-62)29-49(38)58(59,60)61)28-33(2)50(32)43-25-26-46-53-42(43)20-12-22-45(53)56-51(35-13-5-3-6-14-35)48-30-47-40-18-10-9-17-39(40)41-19-11-21-44(54(41)47)55(48)52(57(46)56)36-15-7-4-8-16-36/h3-23,25-30,54H,24H2,1-2H3. The Labute approximate surface area is 356 Å². The molecule has 0 aliphatic heterocycles. The zero-order chi connectivity index (χ0) is 42.0. The smallest absolute Gasteiger partial charge is 0.192 e. The number of nitriles is 1. The van der Waals surface area contributed by atoms with Crippen molar-refractivity contribution in [2.24, 2.45) is 5.92 Å². The van der Waals surface area contributed by atoms with Crippen molar-refractivity contribution in [2.45, 2.75) is 26.4 Å². The van der Waals surface area contributed by atoms with Gasteiger partial charge in [-0.3, -0.25) is 0 Å². The van der Waals surface area contributed by atoms with Gasteiger partial charge in [0, 0.05) is 11.5 Å². The third-order valence-corrected chi connectivity index (χ3v) is 13.6. The number of fused-ring (bicyclic) bond motifs is 6. The van der Waals surface area contributed by atoms with Crippen molar-refractivity contribution in [1.29, 1.82) is 5.26 Å². The van der Waals surface area contributed by atoms with Gasteiger partial charge in [-0.2, -0.15) is 18.4 Å². The molecule has 12 rings (SSSR count). The molecule has 0 radical (unpaired) electrons. The predicted octanol–water partition coefficient (Wildman–Crippen LogP) is 13.1. The number of hydrogen-bond acceptors (Lipinski definition) is 1. The van der Waals surface area contributed by atoms with Gasteiger partial charge in [-0.15, -0.1) is 0 Å². The van der Waals surface area contributed by atoms with E-state index in [9.17, 15) is 18.4 Å². The summed E-state index contributed by atoms with van der Waals surface area (Å²) in [4.78, 5) is 0. The van der Waals surface area contributed by atoms with Gasteiger partial charge in [-0.25, -0.2) is 0 Å². The molecule has 0 amide bonds. The lowest BCUT2D eigenvalue weighted by Gasteiger charge is -2.28. The molecule has 1 atom stereocenters. The van der Waals surface area contributed by atoms with Crippen LogP contribution in [0.15, 0.2) is 169 Å². The summed E-state index contributed by atoms with van der Waals surface area (Å²) in [6.07, 6.45) is 7.36. The van der Waals surface area contributed by atoms with E-state index in [4.69, 9.17) is 0 Å². The molecule has 294 valence electrons. The van der Waals surface area contributed by atoms with E-state index in [1.807, 2.05) is 32.0 Å². The highest BCUT2D eigenvalue weighted by Crippen LogP contribution is 2.55. The van der Waals surface area contributed by atoms with E-state index >= 15 is 0 Å². The van der Waals surface area contributed by atoms with Gasteiger partial charge >= 0.3 is 6.18 Å². The molecular weight excluding hydrogens is 768 g/mol. The van der Waals surface area contributed by atoms with Gasteiger partial charge in [0.25, 0.3) is 0 Å². The minimum atomic E-state index is -4.58.